The Hall–Kier alpha value is -4.27. The van der Waals surface area contributed by atoms with Crippen LogP contribution in [0.1, 0.15) is 5.69 Å². The molecule has 0 amide bonds. The standard InChI is InChI=1S/C22H17FN6O2/c1-13-20-27-26-18-10-11-19(30-2)25-22(18)29(20)21(24-13)16-12-15(8-9-17(16)23)31-28-14-6-4-3-5-7-14/h3-12,28H,1-2H3. The second-order valence-electron chi connectivity index (χ2n) is 6.79. The summed E-state index contributed by atoms with van der Waals surface area (Å²) in [5.74, 6) is 0.720. The van der Waals surface area contributed by atoms with Gasteiger partial charge in [0.05, 0.1) is 24.1 Å². The van der Waals surface area contributed by atoms with E-state index in [4.69, 9.17) is 9.57 Å². The number of ether oxygens (including phenoxy) is 1. The van der Waals surface area contributed by atoms with Crippen LogP contribution in [0.15, 0.2) is 60.7 Å². The number of rotatable bonds is 5. The lowest BCUT2D eigenvalue weighted by Crippen LogP contribution is -2.05. The molecule has 0 radical (unpaired) electrons. The van der Waals surface area contributed by atoms with Crippen molar-refractivity contribution in [1.29, 1.82) is 0 Å². The number of fused-ring (bicyclic) bond motifs is 3. The van der Waals surface area contributed by atoms with E-state index in [1.54, 1.807) is 29.5 Å². The summed E-state index contributed by atoms with van der Waals surface area (Å²) in [5.41, 5.74) is 5.94. The highest BCUT2D eigenvalue weighted by Gasteiger charge is 2.19. The van der Waals surface area contributed by atoms with Crippen LogP contribution in [0.25, 0.3) is 28.2 Å². The Balaban J connectivity index is 1.64. The number of nitrogens with one attached hydrogen (secondary N) is 1. The summed E-state index contributed by atoms with van der Waals surface area (Å²) in [6.07, 6.45) is 0. The van der Waals surface area contributed by atoms with Crippen LogP contribution in [0.3, 0.4) is 0 Å². The van der Waals surface area contributed by atoms with Gasteiger partial charge in [-0.05, 0) is 43.3 Å². The summed E-state index contributed by atoms with van der Waals surface area (Å²) in [4.78, 5) is 14.7. The number of hydrogen-bond donors (Lipinski definition) is 1. The average molecular weight is 416 g/mol. The molecular formula is C22H17FN6O2. The van der Waals surface area contributed by atoms with Gasteiger partial charge < -0.3 is 9.57 Å². The van der Waals surface area contributed by atoms with Gasteiger partial charge in [-0.3, -0.25) is 4.40 Å². The molecule has 154 valence electrons. The van der Waals surface area contributed by atoms with Gasteiger partial charge in [-0.15, -0.1) is 10.2 Å². The van der Waals surface area contributed by atoms with Crippen LogP contribution >= 0.6 is 0 Å². The van der Waals surface area contributed by atoms with Crippen molar-refractivity contribution in [3.63, 3.8) is 0 Å². The topological polar surface area (TPSA) is 86.5 Å². The number of pyridine rings is 1. The van der Waals surface area contributed by atoms with Crippen molar-refractivity contribution in [2.24, 2.45) is 0 Å². The van der Waals surface area contributed by atoms with Gasteiger partial charge >= 0.3 is 0 Å². The summed E-state index contributed by atoms with van der Waals surface area (Å²) in [7, 11) is 1.53. The number of anilines is 1. The van der Waals surface area contributed by atoms with Crippen LogP contribution in [-0.4, -0.2) is 31.7 Å². The molecule has 0 saturated carbocycles. The fourth-order valence-corrected chi connectivity index (χ4v) is 3.26. The van der Waals surface area contributed by atoms with Crippen LogP contribution in [0.2, 0.25) is 0 Å². The number of aromatic nitrogens is 5. The Kier molecular flexibility index (Phi) is 4.55. The molecule has 0 spiro atoms. The van der Waals surface area contributed by atoms with Gasteiger partial charge in [-0.1, -0.05) is 18.2 Å². The Bertz CT molecular complexity index is 1400. The predicted octanol–water partition coefficient (Wildman–Crippen LogP) is 4.20. The number of imidazole rings is 1. The average Bonchev–Trinajstić information content (AvgIpc) is 3.15. The first-order valence-corrected chi connectivity index (χ1v) is 9.48. The largest absolute Gasteiger partial charge is 0.481 e. The fourth-order valence-electron chi connectivity index (χ4n) is 3.26. The van der Waals surface area contributed by atoms with E-state index >= 15 is 0 Å². The second kappa shape index (κ2) is 7.52. The van der Waals surface area contributed by atoms with Crippen LogP contribution in [0.4, 0.5) is 10.1 Å². The molecule has 5 aromatic rings. The highest BCUT2D eigenvalue weighted by molar-refractivity contribution is 5.78. The molecule has 9 heteroatoms. The molecule has 0 aliphatic carbocycles. The zero-order chi connectivity index (χ0) is 21.4. The van der Waals surface area contributed by atoms with Crippen LogP contribution in [0.5, 0.6) is 11.6 Å². The second-order valence-corrected chi connectivity index (χ2v) is 6.79. The van der Waals surface area contributed by atoms with Crippen molar-refractivity contribution in [3.05, 3.63) is 72.2 Å². The molecule has 8 nitrogen and oxygen atoms in total. The minimum atomic E-state index is -0.452. The molecule has 3 aromatic heterocycles. The Morgan fingerprint density at radius 1 is 0.935 bits per heavy atom. The first kappa shape index (κ1) is 18.7. The van der Waals surface area contributed by atoms with Gasteiger partial charge in [-0.2, -0.15) is 4.98 Å². The molecule has 0 bridgehead atoms. The smallest absolute Gasteiger partial charge is 0.215 e. The predicted molar refractivity (Wildman–Crippen MR) is 113 cm³/mol. The highest BCUT2D eigenvalue weighted by Crippen LogP contribution is 2.30. The lowest BCUT2D eigenvalue weighted by atomic mass is 10.2. The van der Waals surface area contributed by atoms with E-state index in [2.05, 4.69) is 25.6 Å². The minimum Gasteiger partial charge on any atom is -0.481 e. The van der Waals surface area contributed by atoms with Crippen molar-refractivity contribution in [1.82, 2.24) is 24.6 Å². The van der Waals surface area contributed by atoms with Gasteiger partial charge in [0.1, 0.15) is 11.3 Å². The van der Waals surface area contributed by atoms with Gasteiger partial charge in [0.25, 0.3) is 0 Å². The van der Waals surface area contributed by atoms with Crippen molar-refractivity contribution in [2.45, 2.75) is 6.92 Å². The third-order valence-corrected chi connectivity index (χ3v) is 4.76. The van der Waals surface area contributed by atoms with Gasteiger partial charge in [-0.25, -0.2) is 14.9 Å². The third-order valence-electron chi connectivity index (χ3n) is 4.76. The van der Waals surface area contributed by atoms with Crippen LogP contribution < -0.4 is 15.1 Å². The van der Waals surface area contributed by atoms with Gasteiger partial charge in [0.2, 0.25) is 5.88 Å². The Labute approximate surface area is 176 Å². The minimum absolute atomic E-state index is 0.245. The summed E-state index contributed by atoms with van der Waals surface area (Å²) < 4.78 is 21.8. The van der Waals surface area contributed by atoms with E-state index in [0.717, 1.165) is 5.69 Å². The van der Waals surface area contributed by atoms with Gasteiger partial charge in [0.15, 0.2) is 22.9 Å². The molecule has 0 aliphatic rings. The van der Waals surface area contributed by atoms with E-state index in [1.807, 2.05) is 30.3 Å². The quantitative estimate of drug-likeness (QED) is 0.430. The molecule has 3 heterocycles. The van der Waals surface area contributed by atoms with Crippen molar-refractivity contribution in [2.75, 3.05) is 12.6 Å². The summed E-state index contributed by atoms with van der Waals surface area (Å²) in [5, 5.41) is 8.44. The SMILES string of the molecule is COc1ccc2nnc3c(C)nc(-c4cc(ONc5ccccc5)ccc4F)n3c2n1. The molecular weight excluding hydrogens is 399 g/mol. The van der Waals surface area contributed by atoms with Gasteiger partial charge in [0, 0.05) is 6.07 Å². The van der Waals surface area contributed by atoms with Crippen molar-refractivity contribution in [3.8, 4) is 23.0 Å². The van der Waals surface area contributed by atoms with Crippen molar-refractivity contribution < 1.29 is 14.0 Å². The van der Waals surface area contributed by atoms with E-state index in [9.17, 15) is 4.39 Å². The van der Waals surface area contributed by atoms with E-state index in [-0.39, 0.29) is 5.56 Å². The summed E-state index contributed by atoms with van der Waals surface area (Å²) in [6, 6.07) is 17.3. The number of benzene rings is 2. The Morgan fingerprint density at radius 2 is 1.77 bits per heavy atom. The first-order valence-electron chi connectivity index (χ1n) is 9.48. The number of methoxy groups -OCH3 is 1. The molecule has 0 unspecified atom stereocenters. The molecule has 5 rings (SSSR count). The molecule has 0 aliphatic heterocycles. The third kappa shape index (κ3) is 3.35. The maximum atomic E-state index is 14.9. The molecule has 2 aromatic carbocycles. The number of hydrogen-bond acceptors (Lipinski definition) is 7. The summed E-state index contributed by atoms with van der Waals surface area (Å²) in [6.45, 7) is 1.79. The molecule has 1 N–H and O–H groups in total. The zero-order valence-corrected chi connectivity index (χ0v) is 16.7. The van der Waals surface area contributed by atoms with E-state index < -0.39 is 5.82 Å². The van der Waals surface area contributed by atoms with E-state index in [0.29, 0.717) is 40.0 Å². The maximum absolute atomic E-state index is 14.9. The number of halogens is 1. The lowest BCUT2D eigenvalue weighted by molar-refractivity contribution is 0.399. The first-order chi connectivity index (χ1) is 15.1. The number of para-hydroxylation sites is 1. The highest BCUT2D eigenvalue weighted by atomic mass is 19.1. The Morgan fingerprint density at radius 3 is 2.58 bits per heavy atom. The normalized spacial score (nSPS) is 11.1. The molecule has 31 heavy (non-hydrogen) atoms. The maximum Gasteiger partial charge on any atom is 0.215 e. The van der Waals surface area contributed by atoms with Crippen LogP contribution in [-0.2, 0) is 0 Å². The summed E-state index contributed by atoms with van der Waals surface area (Å²) >= 11 is 0. The zero-order valence-electron chi connectivity index (χ0n) is 16.7. The van der Waals surface area contributed by atoms with Crippen LogP contribution in [0, 0.1) is 12.7 Å². The molecule has 0 atom stereocenters. The fraction of sp³-hybridized carbons (Fsp3) is 0.0909. The van der Waals surface area contributed by atoms with E-state index in [1.165, 1.54) is 19.2 Å². The number of aryl methyl sites for hydroxylation is 1. The van der Waals surface area contributed by atoms with Crippen molar-refractivity contribution >= 4 is 22.5 Å². The molecule has 0 fully saturated rings. The lowest BCUT2D eigenvalue weighted by Gasteiger charge is -2.10. The monoisotopic (exact) mass is 416 g/mol. The number of nitrogens with zero attached hydrogens (tertiary/aromatic N) is 5. The molecule has 0 saturated heterocycles.